The summed E-state index contributed by atoms with van der Waals surface area (Å²) in [6, 6.07) is 12.9. The minimum absolute atomic E-state index is 0.376. The molecule has 0 saturated carbocycles. The van der Waals surface area contributed by atoms with Crippen LogP contribution in [0, 0.1) is 23.7 Å². The SMILES string of the molecule is CC(C)OC(=O)[C@H](OC(=O)Cc1ccccc1C#CC=O)[C@@H](OC(=O)Cc1ccccc1C#CC=O)C(=O)OC(C)C. The number of hydrogen-bond acceptors (Lipinski definition) is 10. The van der Waals surface area contributed by atoms with Gasteiger partial charge in [-0.05, 0) is 62.8 Å². The topological polar surface area (TPSA) is 139 Å². The van der Waals surface area contributed by atoms with E-state index in [1.807, 2.05) is 0 Å². The van der Waals surface area contributed by atoms with E-state index in [9.17, 15) is 28.8 Å². The molecule has 42 heavy (non-hydrogen) atoms. The molecule has 2 aromatic carbocycles. The molecule has 0 aromatic heterocycles. The van der Waals surface area contributed by atoms with Crippen molar-refractivity contribution in [1.82, 2.24) is 0 Å². The Morgan fingerprint density at radius 3 is 1.31 bits per heavy atom. The molecule has 0 bridgehead atoms. The maximum atomic E-state index is 13.1. The van der Waals surface area contributed by atoms with Crippen molar-refractivity contribution in [2.45, 2.75) is 65.0 Å². The number of hydrogen-bond donors (Lipinski definition) is 0. The molecule has 0 spiro atoms. The summed E-state index contributed by atoms with van der Waals surface area (Å²) in [6.07, 6.45) is -5.33. The summed E-state index contributed by atoms with van der Waals surface area (Å²) in [4.78, 5) is 73.6. The van der Waals surface area contributed by atoms with Crippen molar-refractivity contribution in [2.75, 3.05) is 0 Å². The lowest BCUT2D eigenvalue weighted by atomic mass is 10.0. The van der Waals surface area contributed by atoms with Gasteiger partial charge in [-0.15, -0.1) is 0 Å². The van der Waals surface area contributed by atoms with Crippen LogP contribution < -0.4 is 0 Å². The lowest BCUT2D eigenvalue weighted by Gasteiger charge is -2.26. The van der Waals surface area contributed by atoms with Crippen LogP contribution in [-0.2, 0) is 60.6 Å². The second-order valence-corrected chi connectivity index (χ2v) is 9.23. The first-order valence-electron chi connectivity index (χ1n) is 12.9. The summed E-state index contributed by atoms with van der Waals surface area (Å²) in [5.41, 5.74) is 1.53. The number of carbonyl (C=O) groups excluding carboxylic acids is 6. The third-order valence-electron chi connectivity index (χ3n) is 5.20. The molecule has 0 saturated heterocycles. The molecular formula is C32H30O10. The van der Waals surface area contributed by atoms with E-state index in [0.29, 0.717) is 34.8 Å². The molecule has 10 nitrogen and oxygen atoms in total. The van der Waals surface area contributed by atoms with E-state index in [1.165, 1.54) is 0 Å². The van der Waals surface area contributed by atoms with Gasteiger partial charge in [-0.3, -0.25) is 19.2 Å². The van der Waals surface area contributed by atoms with Crippen molar-refractivity contribution in [2.24, 2.45) is 0 Å². The number of aldehydes is 2. The van der Waals surface area contributed by atoms with Crippen LogP contribution in [0.25, 0.3) is 0 Å². The Hall–Kier alpha value is -5.22. The number of ether oxygens (including phenoxy) is 4. The van der Waals surface area contributed by atoms with Crippen LogP contribution in [0.3, 0.4) is 0 Å². The van der Waals surface area contributed by atoms with Crippen LogP contribution in [-0.4, -0.2) is 60.9 Å². The molecule has 0 heterocycles. The standard InChI is InChI=1S/C32H30O10/c1-21(2)39-31(37)29(41-27(35)19-25-13-7-5-11-23(25)15-9-17-33)30(32(38)40-22(3)4)42-28(36)20-26-14-8-6-12-24(26)16-10-18-34/h5-8,11-14,17-18,21-22,29-30H,19-20H2,1-4H3/t29-,30-/m1/s1. The largest absolute Gasteiger partial charge is 0.460 e. The Balaban J connectivity index is 2.41. The van der Waals surface area contributed by atoms with Crippen molar-refractivity contribution in [1.29, 1.82) is 0 Å². The zero-order valence-corrected chi connectivity index (χ0v) is 23.6. The van der Waals surface area contributed by atoms with E-state index < -0.39 is 61.1 Å². The monoisotopic (exact) mass is 574 g/mol. The van der Waals surface area contributed by atoms with Gasteiger partial charge in [-0.1, -0.05) is 48.2 Å². The summed E-state index contributed by atoms with van der Waals surface area (Å²) in [7, 11) is 0. The van der Waals surface area contributed by atoms with E-state index in [0.717, 1.165) is 0 Å². The highest BCUT2D eigenvalue weighted by Gasteiger charge is 2.43. The molecule has 0 aliphatic heterocycles. The van der Waals surface area contributed by atoms with Crippen LogP contribution >= 0.6 is 0 Å². The number of esters is 4. The molecule has 0 N–H and O–H groups in total. The Labute approximate surface area is 243 Å². The van der Waals surface area contributed by atoms with Crippen LogP contribution in [0.1, 0.15) is 49.9 Å². The van der Waals surface area contributed by atoms with Crippen LogP contribution in [0.15, 0.2) is 48.5 Å². The van der Waals surface area contributed by atoms with Gasteiger partial charge in [0.15, 0.2) is 12.6 Å². The molecule has 0 radical (unpaired) electrons. The predicted molar refractivity (Wildman–Crippen MR) is 148 cm³/mol. The van der Waals surface area contributed by atoms with Gasteiger partial charge in [0.25, 0.3) is 0 Å². The van der Waals surface area contributed by atoms with E-state index in [4.69, 9.17) is 18.9 Å². The molecule has 0 unspecified atom stereocenters. The van der Waals surface area contributed by atoms with Crippen molar-refractivity contribution >= 4 is 36.4 Å². The van der Waals surface area contributed by atoms with Gasteiger partial charge in [-0.2, -0.15) is 0 Å². The Morgan fingerprint density at radius 1 is 0.619 bits per heavy atom. The summed E-state index contributed by atoms with van der Waals surface area (Å²) in [5, 5.41) is 0. The van der Waals surface area contributed by atoms with Gasteiger partial charge >= 0.3 is 23.9 Å². The van der Waals surface area contributed by atoms with Crippen molar-refractivity contribution in [3.63, 3.8) is 0 Å². The minimum Gasteiger partial charge on any atom is -0.460 e. The van der Waals surface area contributed by atoms with Crippen molar-refractivity contribution in [3.8, 4) is 23.7 Å². The van der Waals surface area contributed by atoms with Crippen LogP contribution in [0.5, 0.6) is 0 Å². The summed E-state index contributed by atoms with van der Waals surface area (Å²) in [6.45, 7) is 6.18. The van der Waals surface area contributed by atoms with Crippen LogP contribution in [0.2, 0.25) is 0 Å². The van der Waals surface area contributed by atoms with E-state index in [-0.39, 0.29) is 0 Å². The van der Waals surface area contributed by atoms with E-state index in [2.05, 4.69) is 23.7 Å². The average molecular weight is 575 g/mol. The molecule has 2 aromatic rings. The first-order chi connectivity index (χ1) is 20.0. The zero-order valence-electron chi connectivity index (χ0n) is 23.6. The zero-order chi connectivity index (χ0) is 31.1. The molecule has 218 valence electrons. The van der Waals surface area contributed by atoms with Crippen molar-refractivity contribution < 1.29 is 47.7 Å². The lowest BCUT2D eigenvalue weighted by molar-refractivity contribution is -0.194. The quantitative estimate of drug-likeness (QED) is 0.170. The Bertz CT molecular complexity index is 1320. The molecule has 0 amide bonds. The highest BCUT2D eigenvalue weighted by Crippen LogP contribution is 2.17. The van der Waals surface area contributed by atoms with Gasteiger partial charge in [-0.25, -0.2) is 9.59 Å². The fraction of sp³-hybridized carbons (Fsp3) is 0.312. The van der Waals surface area contributed by atoms with Gasteiger partial charge in [0.1, 0.15) is 0 Å². The number of carbonyl (C=O) groups is 6. The lowest BCUT2D eigenvalue weighted by Crippen LogP contribution is -2.48. The van der Waals surface area contributed by atoms with Gasteiger partial charge in [0.05, 0.1) is 25.0 Å². The molecule has 0 aliphatic rings. The highest BCUT2D eigenvalue weighted by atomic mass is 16.6. The second kappa shape index (κ2) is 16.8. The maximum absolute atomic E-state index is 13.1. The number of benzene rings is 2. The molecule has 0 aliphatic carbocycles. The van der Waals surface area contributed by atoms with Gasteiger partial charge < -0.3 is 18.9 Å². The third kappa shape index (κ3) is 10.7. The van der Waals surface area contributed by atoms with Crippen molar-refractivity contribution in [3.05, 3.63) is 70.8 Å². The van der Waals surface area contributed by atoms with Crippen LogP contribution in [0.4, 0.5) is 0 Å². The van der Waals surface area contributed by atoms with Gasteiger partial charge in [0, 0.05) is 11.1 Å². The fourth-order valence-electron chi connectivity index (χ4n) is 3.55. The van der Waals surface area contributed by atoms with E-state index >= 15 is 0 Å². The summed E-state index contributed by atoms with van der Waals surface area (Å²) >= 11 is 0. The normalized spacial score (nSPS) is 11.5. The first kappa shape index (κ1) is 33.0. The average Bonchev–Trinajstić information content (AvgIpc) is 2.93. The van der Waals surface area contributed by atoms with Gasteiger partial charge in [0.2, 0.25) is 12.2 Å². The second-order valence-electron chi connectivity index (χ2n) is 9.23. The molecule has 2 rings (SSSR count). The minimum atomic E-state index is -2.01. The van der Waals surface area contributed by atoms with E-state index in [1.54, 1.807) is 76.2 Å². The smallest absolute Gasteiger partial charge is 0.352 e. The summed E-state index contributed by atoms with van der Waals surface area (Å²) in [5.74, 6) is 5.55. The molecule has 0 fully saturated rings. The highest BCUT2D eigenvalue weighted by molar-refractivity contribution is 5.90. The Morgan fingerprint density at radius 2 is 0.976 bits per heavy atom. The first-order valence-corrected chi connectivity index (χ1v) is 12.9. The molecular weight excluding hydrogens is 544 g/mol. The third-order valence-corrected chi connectivity index (χ3v) is 5.20. The summed E-state index contributed by atoms with van der Waals surface area (Å²) < 4.78 is 21.2. The Kier molecular flexibility index (Phi) is 13.2. The maximum Gasteiger partial charge on any atom is 0.352 e. The predicted octanol–water partition coefficient (Wildman–Crippen LogP) is 2.30. The fourth-order valence-corrected chi connectivity index (χ4v) is 3.55. The number of rotatable bonds is 11. The molecule has 10 heteroatoms. The molecule has 2 atom stereocenters.